The molecular weight excluding hydrogens is 363 g/mol. The number of ether oxygens (including phenoxy) is 1. The highest BCUT2D eigenvalue weighted by Crippen LogP contribution is 2.29. The van der Waals surface area contributed by atoms with Gasteiger partial charge in [-0.1, -0.05) is 0 Å². The molecule has 138 valence electrons. The summed E-state index contributed by atoms with van der Waals surface area (Å²) in [5, 5.41) is 6.12. The number of carbonyl (C=O) groups excluding carboxylic acids is 1. The molecule has 0 spiro atoms. The number of nitrogens with one attached hydrogen (secondary N) is 3. The fraction of sp³-hybridized carbons (Fsp3) is 0.529. The Kier molecular flexibility index (Phi) is 7.07. The third-order valence-corrected chi connectivity index (χ3v) is 4.43. The molecule has 25 heavy (non-hydrogen) atoms. The van der Waals surface area contributed by atoms with E-state index in [0.29, 0.717) is 6.54 Å². The van der Waals surface area contributed by atoms with Gasteiger partial charge in [0.25, 0.3) is 0 Å². The summed E-state index contributed by atoms with van der Waals surface area (Å²) >= 11 is 0. The van der Waals surface area contributed by atoms with Crippen molar-refractivity contribution >= 4 is 47.4 Å². The summed E-state index contributed by atoms with van der Waals surface area (Å²) in [6, 6.07) is 5.75. The maximum atomic E-state index is 11.9. The van der Waals surface area contributed by atoms with Crippen LogP contribution in [0.15, 0.2) is 18.2 Å². The highest BCUT2D eigenvalue weighted by atomic mass is 35.5. The second-order valence-electron chi connectivity index (χ2n) is 6.48. The highest BCUT2D eigenvalue weighted by molar-refractivity contribution is 5.94. The van der Waals surface area contributed by atoms with Crippen LogP contribution in [-0.4, -0.2) is 35.6 Å². The van der Waals surface area contributed by atoms with Gasteiger partial charge in [0.15, 0.2) is 0 Å². The van der Waals surface area contributed by atoms with Crippen LogP contribution in [-0.2, 0) is 9.53 Å². The molecule has 6 nitrogen and oxygen atoms in total. The molecule has 2 fully saturated rings. The van der Waals surface area contributed by atoms with Crippen LogP contribution in [0.25, 0.3) is 11.0 Å². The SMILES string of the molecule is Cl.Cl.O=C(CNCC1CC1)Nc1ccc2nc(C3CCCO3)[nH]c2c1. The molecule has 1 saturated carbocycles. The van der Waals surface area contributed by atoms with Gasteiger partial charge in [0.1, 0.15) is 11.9 Å². The predicted octanol–water partition coefficient (Wildman–Crippen LogP) is 3.20. The number of aromatic amines is 1. The zero-order chi connectivity index (χ0) is 15.6. The zero-order valence-electron chi connectivity index (χ0n) is 13.9. The van der Waals surface area contributed by atoms with Crippen LogP contribution in [0.3, 0.4) is 0 Å². The Hall–Kier alpha value is -1.34. The molecule has 2 aromatic rings. The van der Waals surface area contributed by atoms with E-state index in [0.717, 1.165) is 54.5 Å². The van der Waals surface area contributed by atoms with Crippen molar-refractivity contribution in [2.24, 2.45) is 5.92 Å². The third-order valence-electron chi connectivity index (χ3n) is 4.43. The predicted molar refractivity (Wildman–Crippen MR) is 103 cm³/mol. The molecule has 8 heteroatoms. The fourth-order valence-corrected chi connectivity index (χ4v) is 2.97. The summed E-state index contributed by atoms with van der Waals surface area (Å²) in [6.45, 7) is 2.10. The Morgan fingerprint density at radius 2 is 2.12 bits per heavy atom. The number of hydrogen-bond acceptors (Lipinski definition) is 4. The Morgan fingerprint density at radius 3 is 2.84 bits per heavy atom. The van der Waals surface area contributed by atoms with Gasteiger partial charge in [0.2, 0.25) is 5.91 Å². The smallest absolute Gasteiger partial charge is 0.238 e. The van der Waals surface area contributed by atoms with E-state index in [1.807, 2.05) is 18.2 Å². The summed E-state index contributed by atoms with van der Waals surface area (Å²) in [7, 11) is 0. The quantitative estimate of drug-likeness (QED) is 0.711. The lowest BCUT2D eigenvalue weighted by Crippen LogP contribution is -2.29. The van der Waals surface area contributed by atoms with E-state index in [4.69, 9.17) is 4.74 Å². The number of H-pyrrole nitrogens is 1. The highest BCUT2D eigenvalue weighted by Gasteiger charge is 2.21. The van der Waals surface area contributed by atoms with Crippen molar-refractivity contribution < 1.29 is 9.53 Å². The number of imidazole rings is 1. The molecule has 1 aromatic carbocycles. The van der Waals surface area contributed by atoms with E-state index in [-0.39, 0.29) is 36.8 Å². The Morgan fingerprint density at radius 1 is 1.28 bits per heavy atom. The van der Waals surface area contributed by atoms with Gasteiger partial charge in [-0.3, -0.25) is 4.79 Å². The monoisotopic (exact) mass is 386 g/mol. The van der Waals surface area contributed by atoms with Gasteiger partial charge < -0.3 is 20.4 Å². The lowest BCUT2D eigenvalue weighted by molar-refractivity contribution is -0.115. The lowest BCUT2D eigenvalue weighted by Gasteiger charge is -2.06. The average molecular weight is 387 g/mol. The first-order valence-electron chi connectivity index (χ1n) is 8.40. The fourth-order valence-electron chi connectivity index (χ4n) is 2.97. The van der Waals surface area contributed by atoms with Gasteiger partial charge in [-0.05, 0) is 56.3 Å². The Balaban J connectivity index is 0.00000113. The molecule has 1 amide bonds. The molecule has 1 aromatic heterocycles. The van der Waals surface area contributed by atoms with Gasteiger partial charge in [0.05, 0.1) is 17.6 Å². The minimum Gasteiger partial charge on any atom is -0.370 e. The van der Waals surface area contributed by atoms with E-state index in [2.05, 4.69) is 20.6 Å². The van der Waals surface area contributed by atoms with E-state index < -0.39 is 0 Å². The van der Waals surface area contributed by atoms with Crippen LogP contribution in [0.4, 0.5) is 5.69 Å². The summed E-state index contributed by atoms with van der Waals surface area (Å²) < 4.78 is 5.66. The molecular formula is C17H24Cl2N4O2. The number of aromatic nitrogens is 2. The minimum absolute atomic E-state index is 0. The summed E-state index contributed by atoms with van der Waals surface area (Å²) in [6.07, 6.45) is 4.75. The number of carbonyl (C=O) groups is 1. The maximum absolute atomic E-state index is 11.9. The summed E-state index contributed by atoms with van der Waals surface area (Å²) in [4.78, 5) is 19.8. The molecule has 1 unspecified atom stereocenters. The number of nitrogens with zero attached hydrogens (tertiary/aromatic N) is 1. The zero-order valence-corrected chi connectivity index (χ0v) is 15.5. The van der Waals surface area contributed by atoms with Gasteiger partial charge >= 0.3 is 0 Å². The van der Waals surface area contributed by atoms with Crippen molar-refractivity contribution in [3.63, 3.8) is 0 Å². The molecule has 1 aliphatic heterocycles. The van der Waals surface area contributed by atoms with Crippen LogP contribution in [0.5, 0.6) is 0 Å². The van der Waals surface area contributed by atoms with E-state index in [1.54, 1.807) is 0 Å². The maximum Gasteiger partial charge on any atom is 0.238 e. The molecule has 2 aliphatic rings. The molecule has 1 atom stereocenters. The molecule has 4 rings (SSSR count). The van der Waals surface area contributed by atoms with Crippen LogP contribution in [0.2, 0.25) is 0 Å². The average Bonchev–Trinajstić information content (AvgIpc) is 3.04. The number of halogens is 2. The number of hydrogen-bond donors (Lipinski definition) is 3. The number of benzene rings is 1. The van der Waals surface area contributed by atoms with Crippen molar-refractivity contribution in [3.05, 3.63) is 24.0 Å². The van der Waals surface area contributed by atoms with Gasteiger partial charge in [-0.25, -0.2) is 4.98 Å². The second-order valence-corrected chi connectivity index (χ2v) is 6.48. The topological polar surface area (TPSA) is 79.0 Å². The summed E-state index contributed by atoms with van der Waals surface area (Å²) in [5.41, 5.74) is 2.62. The normalized spacial score (nSPS) is 19.3. The molecule has 0 bridgehead atoms. The standard InChI is InChI=1S/C17H22N4O2.2ClH/c22-16(10-18-9-11-3-4-11)19-12-5-6-13-14(8-12)21-17(20-13)15-2-1-7-23-15;;/h5-6,8,11,15,18H,1-4,7,9-10H2,(H,19,22)(H,20,21);2*1H. The molecule has 2 heterocycles. The minimum atomic E-state index is -0.0103. The third kappa shape index (κ3) is 5.07. The molecule has 3 N–H and O–H groups in total. The van der Waals surface area contributed by atoms with Gasteiger partial charge in [0, 0.05) is 12.3 Å². The van der Waals surface area contributed by atoms with E-state index >= 15 is 0 Å². The van der Waals surface area contributed by atoms with Crippen LogP contribution >= 0.6 is 24.8 Å². The number of anilines is 1. The van der Waals surface area contributed by atoms with Crippen LogP contribution < -0.4 is 10.6 Å². The number of rotatable bonds is 6. The molecule has 1 saturated heterocycles. The first-order valence-corrected chi connectivity index (χ1v) is 8.40. The van der Waals surface area contributed by atoms with E-state index in [1.165, 1.54) is 12.8 Å². The lowest BCUT2D eigenvalue weighted by atomic mass is 10.2. The first kappa shape index (κ1) is 20.0. The van der Waals surface area contributed by atoms with Gasteiger partial charge in [-0.2, -0.15) is 0 Å². The van der Waals surface area contributed by atoms with Crippen molar-refractivity contribution in [2.45, 2.75) is 31.8 Å². The van der Waals surface area contributed by atoms with Gasteiger partial charge in [-0.15, -0.1) is 24.8 Å². The first-order chi connectivity index (χ1) is 11.3. The summed E-state index contributed by atoms with van der Waals surface area (Å²) in [5.74, 6) is 1.65. The largest absolute Gasteiger partial charge is 0.370 e. The molecule has 0 radical (unpaired) electrons. The van der Waals surface area contributed by atoms with Crippen molar-refractivity contribution in [1.29, 1.82) is 0 Å². The van der Waals surface area contributed by atoms with Crippen LogP contribution in [0.1, 0.15) is 37.6 Å². The molecule has 1 aliphatic carbocycles. The Bertz CT molecular complexity index is 712. The van der Waals surface area contributed by atoms with Crippen molar-refractivity contribution in [2.75, 3.05) is 25.0 Å². The van der Waals surface area contributed by atoms with Crippen molar-refractivity contribution in [3.8, 4) is 0 Å². The van der Waals surface area contributed by atoms with E-state index in [9.17, 15) is 4.79 Å². The Labute approximate surface area is 159 Å². The second kappa shape index (κ2) is 8.85. The van der Waals surface area contributed by atoms with Crippen molar-refractivity contribution in [1.82, 2.24) is 15.3 Å². The number of fused-ring (bicyclic) bond motifs is 1. The number of amides is 1. The van der Waals surface area contributed by atoms with Crippen LogP contribution in [0, 0.1) is 5.92 Å².